The molecule has 0 saturated carbocycles. The number of nitrogens with two attached hydrogens (primary N) is 1. The lowest BCUT2D eigenvalue weighted by molar-refractivity contribution is 0.244. The molecule has 0 aliphatic carbocycles. The fourth-order valence-electron chi connectivity index (χ4n) is 2.70. The number of aliphatic hydroxyl groups is 1. The van der Waals surface area contributed by atoms with Crippen LogP contribution in [0.5, 0.6) is 0 Å². The monoisotopic (exact) mass is 249 g/mol. The van der Waals surface area contributed by atoms with Gasteiger partial charge in [0.25, 0.3) is 0 Å². The van der Waals surface area contributed by atoms with Crippen LogP contribution in [-0.4, -0.2) is 29.8 Å². The molecular weight excluding hydrogens is 226 g/mol. The van der Waals surface area contributed by atoms with Gasteiger partial charge < -0.3 is 15.7 Å². The first-order valence-corrected chi connectivity index (χ1v) is 6.78. The van der Waals surface area contributed by atoms with E-state index >= 15 is 0 Å². The summed E-state index contributed by atoms with van der Waals surface area (Å²) in [6, 6.07) is 4.01. The fourth-order valence-corrected chi connectivity index (χ4v) is 2.70. The Morgan fingerprint density at radius 1 is 1.61 bits per heavy atom. The highest BCUT2D eigenvalue weighted by Gasteiger charge is 2.22. The van der Waals surface area contributed by atoms with Gasteiger partial charge in [-0.2, -0.15) is 0 Å². The Balaban J connectivity index is 2.15. The van der Waals surface area contributed by atoms with Crippen molar-refractivity contribution >= 4 is 5.82 Å². The van der Waals surface area contributed by atoms with Crippen LogP contribution < -0.4 is 10.6 Å². The maximum atomic E-state index is 9.06. The van der Waals surface area contributed by atoms with Crippen LogP contribution in [0.2, 0.25) is 0 Å². The van der Waals surface area contributed by atoms with Gasteiger partial charge in [-0.25, -0.2) is 4.98 Å². The highest BCUT2D eigenvalue weighted by atomic mass is 16.3. The largest absolute Gasteiger partial charge is 0.396 e. The molecule has 1 saturated heterocycles. The molecule has 0 amide bonds. The number of piperidine rings is 1. The Kier molecular flexibility index (Phi) is 4.55. The van der Waals surface area contributed by atoms with E-state index in [0.717, 1.165) is 30.9 Å². The molecule has 4 heteroatoms. The summed E-state index contributed by atoms with van der Waals surface area (Å²) in [4.78, 5) is 6.82. The first-order valence-electron chi connectivity index (χ1n) is 6.78. The summed E-state index contributed by atoms with van der Waals surface area (Å²) in [5, 5.41) is 9.06. The van der Waals surface area contributed by atoms with Gasteiger partial charge in [-0.15, -0.1) is 0 Å². The summed E-state index contributed by atoms with van der Waals surface area (Å²) in [6.45, 7) is 4.30. The van der Waals surface area contributed by atoms with Crippen LogP contribution in [-0.2, 0) is 0 Å². The number of hydrogen-bond donors (Lipinski definition) is 2. The zero-order chi connectivity index (χ0) is 13.0. The predicted molar refractivity (Wildman–Crippen MR) is 73.5 cm³/mol. The lowest BCUT2D eigenvalue weighted by Crippen LogP contribution is -2.37. The van der Waals surface area contributed by atoms with E-state index in [1.54, 1.807) is 0 Å². The normalized spacial score (nSPS) is 21.9. The average molecular weight is 249 g/mol. The summed E-state index contributed by atoms with van der Waals surface area (Å²) in [6.07, 6.45) is 5.09. The van der Waals surface area contributed by atoms with E-state index in [0.29, 0.717) is 5.92 Å². The van der Waals surface area contributed by atoms with Crippen molar-refractivity contribution in [3.05, 3.63) is 23.9 Å². The lowest BCUT2D eigenvalue weighted by atomic mass is 9.94. The van der Waals surface area contributed by atoms with Gasteiger partial charge in [-0.1, -0.05) is 6.07 Å². The minimum absolute atomic E-state index is 0.00641. The van der Waals surface area contributed by atoms with Gasteiger partial charge in [0, 0.05) is 37.5 Å². The number of hydrogen-bond acceptors (Lipinski definition) is 4. The molecule has 2 atom stereocenters. The van der Waals surface area contributed by atoms with E-state index in [9.17, 15) is 0 Å². The summed E-state index contributed by atoms with van der Waals surface area (Å²) in [5.41, 5.74) is 7.12. The second-order valence-electron chi connectivity index (χ2n) is 5.17. The molecule has 0 spiro atoms. The Bertz CT molecular complexity index is 379. The van der Waals surface area contributed by atoms with Crippen molar-refractivity contribution < 1.29 is 5.11 Å². The molecule has 1 aromatic rings. The van der Waals surface area contributed by atoms with Crippen molar-refractivity contribution in [2.75, 3.05) is 24.6 Å². The van der Waals surface area contributed by atoms with Crippen LogP contribution in [0.4, 0.5) is 5.82 Å². The van der Waals surface area contributed by atoms with Gasteiger partial charge in [0.15, 0.2) is 0 Å². The molecule has 2 heterocycles. The number of aliphatic hydroxyl groups excluding tert-OH is 1. The summed E-state index contributed by atoms with van der Waals surface area (Å²) < 4.78 is 0. The summed E-state index contributed by atoms with van der Waals surface area (Å²) in [5.74, 6) is 1.60. The number of nitrogens with zero attached hydrogens (tertiary/aromatic N) is 2. The van der Waals surface area contributed by atoms with Crippen molar-refractivity contribution in [2.24, 2.45) is 11.7 Å². The molecule has 4 nitrogen and oxygen atoms in total. The number of aromatic nitrogens is 1. The van der Waals surface area contributed by atoms with Crippen molar-refractivity contribution in [2.45, 2.75) is 32.2 Å². The van der Waals surface area contributed by atoms with Crippen molar-refractivity contribution in [1.82, 2.24) is 4.98 Å². The van der Waals surface area contributed by atoms with Gasteiger partial charge in [0.2, 0.25) is 0 Å². The Hall–Kier alpha value is -1.13. The molecule has 1 aliphatic heterocycles. The van der Waals surface area contributed by atoms with Crippen LogP contribution in [0.25, 0.3) is 0 Å². The highest BCUT2D eigenvalue weighted by molar-refractivity contribution is 5.48. The van der Waals surface area contributed by atoms with E-state index in [1.165, 1.54) is 12.8 Å². The lowest BCUT2D eigenvalue weighted by Gasteiger charge is -2.34. The molecule has 3 N–H and O–H groups in total. The second-order valence-corrected chi connectivity index (χ2v) is 5.17. The molecule has 2 rings (SSSR count). The van der Waals surface area contributed by atoms with E-state index in [2.05, 4.69) is 16.0 Å². The third-order valence-corrected chi connectivity index (χ3v) is 3.66. The maximum Gasteiger partial charge on any atom is 0.133 e. The molecular formula is C14H23N3O. The zero-order valence-electron chi connectivity index (χ0n) is 11.0. The Morgan fingerprint density at radius 2 is 2.44 bits per heavy atom. The predicted octanol–water partition coefficient (Wildman–Crippen LogP) is 1.70. The third-order valence-electron chi connectivity index (χ3n) is 3.66. The maximum absolute atomic E-state index is 9.06. The number of rotatable bonds is 4. The minimum Gasteiger partial charge on any atom is -0.396 e. The molecule has 0 aromatic carbocycles. The molecule has 100 valence electrons. The molecule has 1 aliphatic rings. The van der Waals surface area contributed by atoms with Gasteiger partial charge in [0.05, 0.1) is 0 Å². The van der Waals surface area contributed by atoms with Crippen LogP contribution in [0, 0.1) is 5.92 Å². The molecule has 0 bridgehead atoms. The molecule has 0 radical (unpaired) electrons. The number of anilines is 1. The number of pyridine rings is 1. The van der Waals surface area contributed by atoms with Gasteiger partial charge in [0.1, 0.15) is 5.82 Å². The SMILES string of the molecule is C[C@@H](N)c1cccnc1N1CCCC(CCO)C1. The molecule has 1 unspecified atom stereocenters. The van der Waals surface area contributed by atoms with Crippen LogP contribution in [0.3, 0.4) is 0 Å². The van der Waals surface area contributed by atoms with Gasteiger partial charge >= 0.3 is 0 Å². The first kappa shape index (κ1) is 13.3. The van der Waals surface area contributed by atoms with Crippen molar-refractivity contribution in [1.29, 1.82) is 0 Å². The topological polar surface area (TPSA) is 62.4 Å². The quantitative estimate of drug-likeness (QED) is 0.852. The Labute approximate surface area is 109 Å². The first-order chi connectivity index (χ1) is 8.72. The van der Waals surface area contributed by atoms with E-state index in [1.807, 2.05) is 19.2 Å². The van der Waals surface area contributed by atoms with Crippen LogP contribution in [0.1, 0.15) is 37.8 Å². The molecule has 18 heavy (non-hydrogen) atoms. The van der Waals surface area contributed by atoms with E-state index in [-0.39, 0.29) is 12.6 Å². The van der Waals surface area contributed by atoms with Gasteiger partial charge in [-0.05, 0) is 38.2 Å². The average Bonchev–Trinajstić information content (AvgIpc) is 2.39. The second kappa shape index (κ2) is 6.16. The van der Waals surface area contributed by atoms with Crippen molar-refractivity contribution in [3.63, 3.8) is 0 Å². The molecule has 1 aromatic heterocycles. The third kappa shape index (κ3) is 3.00. The van der Waals surface area contributed by atoms with E-state index < -0.39 is 0 Å². The van der Waals surface area contributed by atoms with Crippen LogP contribution >= 0.6 is 0 Å². The zero-order valence-corrected chi connectivity index (χ0v) is 11.0. The van der Waals surface area contributed by atoms with Crippen LogP contribution in [0.15, 0.2) is 18.3 Å². The molecule has 1 fully saturated rings. The standard InChI is InChI=1S/C14H23N3O/c1-11(15)13-5-2-7-16-14(13)17-8-3-4-12(10-17)6-9-18/h2,5,7,11-12,18H,3-4,6,8-10,15H2,1H3/t11-,12?/m1/s1. The summed E-state index contributed by atoms with van der Waals surface area (Å²) in [7, 11) is 0. The highest BCUT2D eigenvalue weighted by Crippen LogP contribution is 2.28. The van der Waals surface area contributed by atoms with E-state index in [4.69, 9.17) is 10.8 Å². The van der Waals surface area contributed by atoms with Gasteiger partial charge in [-0.3, -0.25) is 0 Å². The minimum atomic E-state index is 0.00641. The summed E-state index contributed by atoms with van der Waals surface area (Å²) >= 11 is 0. The fraction of sp³-hybridized carbons (Fsp3) is 0.643. The Morgan fingerprint density at radius 3 is 3.17 bits per heavy atom. The smallest absolute Gasteiger partial charge is 0.133 e. The van der Waals surface area contributed by atoms with Crippen molar-refractivity contribution in [3.8, 4) is 0 Å².